The van der Waals surface area contributed by atoms with E-state index in [0.29, 0.717) is 0 Å². The van der Waals surface area contributed by atoms with Gasteiger partial charge in [0.05, 0.1) is 12.8 Å². The van der Waals surface area contributed by atoms with E-state index in [9.17, 15) is 4.79 Å². The lowest BCUT2D eigenvalue weighted by Gasteiger charge is -2.02. The average Bonchev–Trinajstić information content (AvgIpc) is 2.81. The Morgan fingerprint density at radius 1 is 1.20 bits per heavy atom. The molecule has 4 nitrogen and oxygen atoms in total. The summed E-state index contributed by atoms with van der Waals surface area (Å²) < 4.78 is 5.15. The minimum Gasteiger partial charge on any atom is -0.497 e. The van der Waals surface area contributed by atoms with E-state index < -0.39 is 0 Å². The van der Waals surface area contributed by atoms with Crippen LogP contribution < -0.4 is 10.1 Å². The number of para-hydroxylation sites is 1. The van der Waals surface area contributed by atoms with Crippen LogP contribution in [-0.4, -0.2) is 19.2 Å². The summed E-state index contributed by atoms with van der Waals surface area (Å²) in [4.78, 5) is 16.3. The summed E-state index contributed by atoms with van der Waals surface area (Å²) in [6.45, 7) is 0. The van der Waals surface area contributed by atoms with Crippen LogP contribution in [0.5, 0.6) is 5.75 Å². The number of nitrogens with one attached hydrogen (secondary N) is 1. The van der Waals surface area contributed by atoms with Crippen molar-refractivity contribution in [3.05, 3.63) is 54.1 Å². The zero-order chi connectivity index (χ0) is 13.9. The molecule has 1 unspecified atom stereocenters. The van der Waals surface area contributed by atoms with Crippen molar-refractivity contribution in [1.82, 2.24) is 0 Å². The summed E-state index contributed by atoms with van der Waals surface area (Å²) in [5, 5.41) is 2.85. The number of aliphatic imine (C=N–C) groups is 1. The van der Waals surface area contributed by atoms with Crippen molar-refractivity contribution >= 4 is 23.5 Å². The van der Waals surface area contributed by atoms with Gasteiger partial charge in [-0.15, -0.1) is 0 Å². The van der Waals surface area contributed by atoms with Crippen LogP contribution in [0.15, 0.2) is 53.5 Å². The zero-order valence-corrected chi connectivity index (χ0v) is 11.0. The van der Waals surface area contributed by atoms with Crippen LogP contribution in [0.3, 0.4) is 0 Å². The first-order chi connectivity index (χ1) is 9.78. The highest BCUT2D eigenvalue weighted by Gasteiger charge is 2.28. The van der Waals surface area contributed by atoms with Gasteiger partial charge in [0.2, 0.25) is 5.91 Å². The summed E-state index contributed by atoms with van der Waals surface area (Å²) in [5.74, 6) is 0.367. The topological polar surface area (TPSA) is 50.7 Å². The van der Waals surface area contributed by atoms with Gasteiger partial charge in [-0.3, -0.25) is 9.79 Å². The summed E-state index contributed by atoms with van der Waals surface area (Å²) in [5.41, 5.74) is 2.59. The number of hydrogen-bond acceptors (Lipinski definition) is 3. The number of carbonyl (C=O) groups is 1. The average molecular weight is 266 g/mol. The molecule has 0 spiro atoms. The number of anilines is 1. The molecule has 2 aromatic rings. The number of ether oxygens (including phenoxy) is 1. The minimum absolute atomic E-state index is 0.0437. The Labute approximate surface area is 117 Å². The molecular formula is C16H14N2O2. The molecule has 0 bridgehead atoms. The largest absolute Gasteiger partial charge is 0.497 e. The van der Waals surface area contributed by atoms with E-state index in [1.165, 1.54) is 0 Å². The third kappa shape index (κ3) is 2.28. The standard InChI is InChI=1S/C16H14N2O2/c1-20-12-6-4-5-11(9-12)17-10-14-13-7-2-3-8-15(13)18-16(14)19/h2-10,14H,1H3,(H,18,19). The number of rotatable bonds is 3. The molecular weight excluding hydrogens is 252 g/mol. The van der Waals surface area contributed by atoms with Gasteiger partial charge in [-0.1, -0.05) is 24.3 Å². The van der Waals surface area contributed by atoms with E-state index in [-0.39, 0.29) is 11.8 Å². The Kier molecular flexibility index (Phi) is 3.21. The fraction of sp³-hybridized carbons (Fsp3) is 0.125. The van der Waals surface area contributed by atoms with Crippen LogP contribution in [0.25, 0.3) is 0 Å². The van der Waals surface area contributed by atoms with E-state index in [0.717, 1.165) is 22.7 Å². The first-order valence-corrected chi connectivity index (χ1v) is 6.36. The van der Waals surface area contributed by atoms with Crippen molar-refractivity contribution in [2.75, 3.05) is 12.4 Å². The number of carbonyl (C=O) groups excluding carboxylic acids is 1. The second-order valence-electron chi connectivity index (χ2n) is 4.53. The van der Waals surface area contributed by atoms with Gasteiger partial charge in [0, 0.05) is 18.0 Å². The number of hydrogen-bond donors (Lipinski definition) is 1. The predicted octanol–water partition coefficient (Wildman–Crippen LogP) is 3.13. The van der Waals surface area contributed by atoms with Crippen molar-refractivity contribution in [1.29, 1.82) is 0 Å². The van der Waals surface area contributed by atoms with Gasteiger partial charge >= 0.3 is 0 Å². The van der Waals surface area contributed by atoms with Crippen molar-refractivity contribution in [3.63, 3.8) is 0 Å². The molecule has 1 heterocycles. The molecule has 1 amide bonds. The molecule has 0 radical (unpaired) electrons. The Bertz CT molecular complexity index is 680. The van der Waals surface area contributed by atoms with Gasteiger partial charge in [0.25, 0.3) is 0 Å². The summed E-state index contributed by atoms with van der Waals surface area (Å²) in [6.07, 6.45) is 1.68. The molecule has 3 rings (SSSR count). The van der Waals surface area contributed by atoms with Crippen molar-refractivity contribution in [2.24, 2.45) is 4.99 Å². The van der Waals surface area contributed by atoms with E-state index in [1.807, 2.05) is 48.5 Å². The van der Waals surface area contributed by atoms with E-state index in [1.54, 1.807) is 13.3 Å². The summed E-state index contributed by atoms with van der Waals surface area (Å²) in [7, 11) is 1.61. The number of methoxy groups -OCH3 is 1. The first-order valence-electron chi connectivity index (χ1n) is 6.36. The Morgan fingerprint density at radius 2 is 2.05 bits per heavy atom. The lowest BCUT2D eigenvalue weighted by Crippen LogP contribution is -2.12. The first kappa shape index (κ1) is 12.4. The maximum Gasteiger partial charge on any atom is 0.237 e. The van der Waals surface area contributed by atoms with Crippen LogP contribution in [0, 0.1) is 0 Å². The molecule has 20 heavy (non-hydrogen) atoms. The highest BCUT2D eigenvalue weighted by atomic mass is 16.5. The second-order valence-corrected chi connectivity index (χ2v) is 4.53. The number of amides is 1. The van der Waals surface area contributed by atoms with Crippen LogP contribution in [0.4, 0.5) is 11.4 Å². The van der Waals surface area contributed by atoms with Gasteiger partial charge in [0.15, 0.2) is 0 Å². The Hall–Kier alpha value is -2.62. The van der Waals surface area contributed by atoms with Gasteiger partial charge < -0.3 is 10.1 Å². The van der Waals surface area contributed by atoms with E-state index >= 15 is 0 Å². The lowest BCUT2D eigenvalue weighted by atomic mass is 10.0. The molecule has 1 atom stereocenters. The summed E-state index contributed by atoms with van der Waals surface area (Å²) >= 11 is 0. The smallest absolute Gasteiger partial charge is 0.237 e. The Morgan fingerprint density at radius 3 is 2.90 bits per heavy atom. The van der Waals surface area contributed by atoms with Crippen molar-refractivity contribution < 1.29 is 9.53 Å². The molecule has 1 N–H and O–H groups in total. The summed E-state index contributed by atoms with van der Waals surface area (Å²) in [6, 6.07) is 15.1. The van der Waals surface area contributed by atoms with Gasteiger partial charge in [-0.25, -0.2) is 0 Å². The SMILES string of the molecule is COc1cccc(N=CC2C(=O)Nc3ccccc32)c1. The van der Waals surface area contributed by atoms with E-state index in [2.05, 4.69) is 10.3 Å². The third-order valence-electron chi connectivity index (χ3n) is 3.26. The fourth-order valence-corrected chi connectivity index (χ4v) is 2.23. The molecule has 2 aromatic carbocycles. The zero-order valence-electron chi connectivity index (χ0n) is 11.0. The molecule has 0 saturated carbocycles. The van der Waals surface area contributed by atoms with Crippen molar-refractivity contribution in [2.45, 2.75) is 5.92 Å². The lowest BCUT2D eigenvalue weighted by molar-refractivity contribution is -0.115. The number of benzene rings is 2. The van der Waals surface area contributed by atoms with Gasteiger partial charge in [0.1, 0.15) is 11.7 Å². The number of nitrogens with zero attached hydrogens (tertiary/aromatic N) is 1. The van der Waals surface area contributed by atoms with Crippen LogP contribution in [0.2, 0.25) is 0 Å². The van der Waals surface area contributed by atoms with Crippen LogP contribution >= 0.6 is 0 Å². The molecule has 0 aliphatic carbocycles. The van der Waals surface area contributed by atoms with Gasteiger partial charge in [-0.05, 0) is 23.8 Å². The molecule has 0 saturated heterocycles. The molecule has 0 fully saturated rings. The number of fused-ring (bicyclic) bond motifs is 1. The highest BCUT2D eigenvalue weighted by molar-refractivity contribution is 6.12. The highest BCUT2D eigenvalue weighted by Crippen LogP contribution is 2.31. The molecule has 1 aliphatic heterocycles. The third-order valence-corrected chi connectivity index (χ3v) is 3.26. The van der Waals surface area contributed by atoms with Crippen molar-refractivity contribution in [3.8, 4) is 5.75 Å². The molecule has 0 aromatic heterocycles. The monoisotopic (exact) mass is 266 g/mol. The molecule has 1 aliphatic rings. The van der Waals surface area contributed by atoms with Gasteiger partial charge in [-0.2, -0.15) is 0 Å². The predicted molar refractivity (Wildman–Crippen MR) is 79.0 cm³/mol. The van der Waals surface area contributed by atoms with Crippen LogP contribution in [-0.2, 0) is 4.79 Å². The minimum atomic E-state index is -0.336. The molecule has 4 heteroatoms. The quantitative estimate of drug-likeness (QED) is 0.868. The normalized spacial score (nSPS) is 17.1. The van der Waals surface area contributed by atoms with E-state index in [4.69, 9.17) is 4.74 Å². The second kappa shape index (κ2) is 5.17. The fourth-order valence-electron chi connectivity index (χ4n) is 2.23. The molecule has 100 valence electrons. The maximum atomic E-state index is 11.9. The Balaban J connectivity index is 1.87. The maximum absolute atomic E-state index is 11.9. The van der Waals surface area contributed by atoms with Crippen LogP contribution in [0.1, 0.15) is 11.5 Å².